The second kappa shape index (κ2) is 4.46. The molecule has 0 spiro atoms. The number of hydrogen-bond acceptors (Lipinski definition) is 2. The van der Waals surface area contributed by atoms with E-state index in [1.807, 2.05) is 25.1 Å². The molecule has 1 aromatic rings. The molecular formula is C10H12BrNO2. The van der Waals surface area contributed by atoms with Gasteiger partial charge in [0.25, 0.3) is 0 Å². The average molecular weight is 258 g/mol. The maximum absolute atomic E-state index is 11.3. The van der Waals surface area contributed by atoms with Gasteiger partial charge in [0.15, 0.2) is 0 Å². The van der Waals surface area contributed by atoms with E-state index in [9.17, 15) is 4.79 Å². The third kappa shape index (κ3) is 2.26. The molecule has 0 bridgehead atoms. The fourth-order valence-corrected chi connectivity index (χ4v) is 1.53. The number of carbonyl (C=O) groups excluding carboxylic acids is 1. The van der Waals surface area contributed by atoms with Crippen LogP contribution in [-0.2, 0) is 4.74 Å². The molecule has 0 atom stereocenters. The van der Waals surface area contributed by atoms with Gasteiger partial charge in [-0.2, -0.15) is 0 Å². The third-order valence-electron chi connectivity index (χ3n) is 1.98. The van der Waals surface area contributed by atoms with Crippen molar-refractivity contribution in [3.05, 3.63) is 28.2 Å². The summed E-state index contributed by atoms with van der Waals surface area (Å²) in [5.41, 5.74) is 1.87. The number of nitrogens with zero attached hydrogens (tertiary/aromatic N) is 1. The first-order valence-electron chi connectivity index (χ1n) is 4.14. The number of amides is 1. The van der Waals surface area contributed by atoms with Crippen molar-refractivity contribution >= 4 is 27.7 Å². The van der Waals surface area contributed by atoms with E-state index in [1.54, 1.807) is 7.05 Å². The van der Waals surface area contributed by atoms with Gasteiger partial charge >= 0.3 is 6.09 Å². The van der Waals surface area contributed by atoms with Gasteiger partial charge in [0.1, 0.15) is 0 Å². The van der Waals surface area contributed by atoms with Crippen LogP contribution < -0.4 is 4.90 Å². The van der Waals surface area contributed by atoms with Crippen molar-refractivity contribution < 1.29 is 9.53 Å². The van der Waals surface area contributed by atoms with Crippen molar-refractivity contribution in [2.45, 2.75) is 6.92 Å². The highest BCUT2D eigenvalue weighted by Gasteiger charge is 2.12. The van der Waals surface area contributed by atoms with E-state index in [0.29, 0.717) is 0 Å². The molecule has 0 N–H and O–H groups in total. The number of carbonyl (C=O) groups is 1. The SMILES string of the molecule is COC(=O)N(C)c1cc(Br)ccc1C. The normalized spacial score (nSPS) is 9.71. The highest BCUT2D eigenvalue weighted by atomic mass is 79.9. The molecule has 1 aromatic carbocycles. The summed E-state index contributed by atoms with van der Waals surface area (Å²) in [7, 11) is 3.05. The lowest BCUT2D eigenvalue weighted by molar-refractivity contribution is 0.180. The Hall–Kier alpha value is -1.03. The molecule has 1 rings (SSSR count). The summed E-state index contributed by atoms with van der Waals surface area (Å²) >= 11 is 3.36. The summed E-state index contributed by atoms with van der Waals surface area (Å²) in [6.45, 7) is 1.95. The highest BCUT2D eigenvalue weighted by molar-refractivity contribution is 9.10. The minimum absolute atomic E-state index is 0.369. The smallest absolute Gasteiger partial charge is 0.413 e. The zero-order valence-corrected chi connectivity index (χ0v) is 9.96. The van der Waals surface area contributed by atoms with Crippen LogP contribution in [0.1, 0.15) is 5.56 Å². The Morgan fingerprint density at radius 1 is 1.50 bits per heavy atom. The van der Waals surface area contributed by atoms with Crippen LogP contribution >= 0.6 is 15.9 Å². The van der Waals surface area contributed by atoms with Crippen molar-refractivity contribution in [1.29, 1.82) is 0 Å². The zero-order valence-electron chi connectivity index (χ0n) is 8.37. The van der Waals surface area contributed by atoms with E-state index in [-0.39, 0.29) is 6.09 Å². The molecule has 0 unspecified atom stereocenters. The van der Waals surface area contributed by atoms with Crippen molar-refractivity contribution in [1.82, 2.24) is 0 Å². The number of benzene rings is 1. The molecule has 0 radical (unpaired) electrons. The van der Waals surface area contributed by atoms with Crippen LogP contribution in [0.3, 0.4) is 0 Å². The molecule has 4 heteroatoms. The first-order valence-corrected chi connectivity index (χ1v) is 4.93. The topological polar surface area (TPSA) is 29.5 Å². The van der Waals surface area contributed by atoms with Gasteiger partial charge in [-0.3, -0.25) is 4.90 Å². The van der Waals surface area contributed by atoms with Gasteiger partial charge in [0.2, 0.25) is 0 Å². The monoisotopic (exact) mass is 257 g/mol. The van der Waals surface area contributed by atoms with E-state index in [0.717, 1.165) is 15.7 Å². The lowest BCUT2D eigenvalue weighted by Crippen LogP contribution is -2.26. The Kier molecular flexibility index (Phi) is 3.52. The number of methoxy groups -OCH3 is 1. The van der Waals surface area contributed by atoms with Crippen molar-refractivity contribution in [3.8, 4) is 0 Å². The predicted octanol–water partition coefficient (Wildman–Crippen LogP) is 2.96. The second-order valence-corrected chi connectivity index (χ2v) is 3.88. The van der Waals surface area contributed by atoms with Gasteiger partial charge in [-0.1, -0.05) is 22.0 Å². The summed E-state index contributed by atoms with van der Waals surface area (Å²) in [6, 6.07) is 5.76. The van der Waals surface area contributed by atoms with Crippen LogP contribution in [0.25, 0.3) is 0 Å². The molecule has 0 aromatic heterocycles. The molecule has 0 fully saturated rings. The van der Waals surface area contributed by atoms with Gasteiger partial charge in [-0.05, 0) is 24.6 Å². The largest absolute Gasteiger partial charge is 0.452 e. The van der Waals surface area contributed by atoms with Crippen LogP contribution in [0.5, 0.6) is 0 Å². The fraction of sp³-hybridized carbons (Fsp3) is 0.300. The lowest BCUT2D eigenvalue weighted by Gasteiger charge is -2.18. The summed E-state index contributed by atoms with van der Waals surface area (Å²) in [5, 5.41) is 0. The summed E-state index contributed by atoms with van der Waals surface area (Å²) < 4.78 is 5.57. The van der Waals surface area contributed by atoms with Gasteiger partial charge in [-0.25, -0.2) is 4.79 Å². The van der Waals surface area contributed by atoms with E-state index in [4.69, 9.17) is 0 Å². The van der Waals surface area contributed by atoms with E-state index < -0.39 is 0 Å². The van der Waals surface area contributed by atoms with Gasteiger partial charge in [0, 0.05) is 11.5 Å². The van der Waals surface area contributed by atoms with Gasteiger partial charge in [0.05, 0.1) is 12.8 Å². The first kappa shape index (κ1) is 11.0. The van der Waals surface area contributed by atoms with Crippen LogP contribution in [-0.4, -0.2) is 20.3 Å². The quantitative estimate of drug-likeness (QED) is 0.775. The molecule has 76 valence electrons. The van der Waals surface area contributed by atoms with Crippen LogP contribution in [0, 0.1) is 6.92 Å². The third-order valence-corrected chi connectivity index (χ3v) is 2.47. The summed E-state index contributed by atoms with van der Waals surface area (Å²) in [6.07, 6.45) is -0.369. The average Bonchev–Trinajstić information content (AvgIpc) is 2.19. The summed E-state index contributed by atoms with van der Waals surface area (Å²) in [4.78, 5) is 12.7. The van der Waals surface area contributed by atoms with E-state index in [2.05, 4.69) is 20.7 Å². The van der Waals surface area contributed by atoms with Crippen LogP contribution in [0.15, 0.2) is 22.7 Å². The molecule has 0 aliphatic heterocycles. The fourth-order valence-electron chi connectivity index (χ4n) is 1.18. The van der Waals surface area contributed by atoms with E-state index in [1.165, 1.54) is 12.0 Å². The Balaban J connectivity index is 3.05. The van der Waals surface area contributed by atoms with Gasteiger partial charge in [-0.15, -0.1) is 0 Å². The number of aryl methyl sites for hydroxylation is 1. The Bertz CT molecular complexity index is 352. The second-order valence-electron chi connectivity index (χ2n) is 2.96. The number of hydrogen-bond donors (Lipinski definition) is 0. The molecular weight excluding hydrogens is 246 g/mol. The zero-order chi connectivity index (χ0) is 10.7. The molecule has 0 heterocycles. The molecule has 0 aliphatic rings. The maximum atomic E-state index is 11.3. The Labute approximate surface area is 91.8 Å². The highest BCUT2D eigenvalue weighted by Crippen LogP contribution is 2.23. The van der Waals surface area contributed by atoms with Crippen LogP contribution in [0.4, 0.5) is 10.5 Å². The summed E-state index contributed by atoms with van der Waals surface area (Å²) in [5.74, 6) is 0. The first-order chi connectivity index (χ1) is 6.56. The number of halogens is 1. The molecule has 0 aliphatic carbocycles. The Morgan fingerprint density at radius 2 is 2.14 bits per heavy atom. The van der Waals surface area contributed by atoms with Crippen LogP contribution in [0.2, 0.25) is 0 Å². The van der Waals surface area contributed by atoms with Crippen molar-refractivity contribution in [2.24, 2.45) is 0 Å². The lowest BCUT2D eigenvalue weighted by atomic mass is 10.2. The number of anilines is 1. The van der Waals surface area contributed by atoms with Crippen molar-refractivity contribution in [3.63, 3.8) is 0 Å². The minimum atomic E-state index is -0.369. The molecule has 14 heavy (non-hydrogen) atoms. The predicted molar refractivity (Wildman–Crippen MR) is 59.7 cm³/mol. The van der Waals surface area contributed by atoms with Gasteiger partial charge < -0.3 is 4.74 Å². The Morgan fingerprint density at radius 3 is 2.71 bits per heavy atom. The van der Waals surface area contributed by atoms with E-state index >= 15 is 0 Å². The number of ether oxygens (including phenoxy) is 1. The molecule has 1 amide bonds. The number of rotatable bonds is 1. The maximum Gasteiger partial charge on any atom is 0.413 e. The minimum Gasteiger partial charge on any atom is -0.452 e. The molecule has 3 nitrogen and oxygen atoms in total. The molecule has 0 saturated carbocycles. The standard InChI is InChI=1S/C10H12BrNO2/c1-7-4-5-8(11)6-9(7)12(2)10(13)14-3/h4-6H,1-3H3. The molecule has 0 saturated heterocycles. The van der Waals surface area contributed by atoms with Crippen molar-refractivity contribution in [2.75, 3.05) is 19.1 Å².